The highest BCUT2D eigenvalue weighted by Crippen LogP contribution is 2.11. The van der Waals surface area contributed by atoms with Crippen molar-refractivity contribution in [3.63, 3.8) is 0 Å². The van der Waals surface area contributed by atoms with Crippen molar-refractivity contribution < 1.29 is 0 Å². The highest BCUT2D eigenvalue weighted by Gasteiger charge is 2.00. The molecule has 2 heteroatoms. The quantitative estimate of drug-likeness (QED) is 0.621. The van der Waals surface area contributed by atoms with Gasteiger partial charge in [0.25, 0.3) is 0 Å². The summed E-state index contributed by atoms with van der Waals surface area (Å²) in [7, 11) is 1.76. The number of hydrogen-bond donors (Lipinski definition) is 1. The van der Waals surface area contributed by atoms with Gasteiger partial charge in [0, 0.05) is 30.7 Å². The van der Waals surface area contributed by atoms with E-state index in [1.165, 1.54) is 5.56 Å². The van der Waals surface area contributed by atoms with Crippen molar-refractivity contribution >= 4 is 12.3 Å². The van der Waals surface area contributed by atoms with E-state index in [9.17, 15) is 0 Å². The average molecular weight is 148 g/mol. The standard InChI is InChI=1S/C9H12N2/c1-4-9-8(6-10-3)7(2)5-11-9/h4-6,11H,1H2,2-3H3. The molecule has 1 rings (SSSR count). The molecule has 0 radical (unpaired) electrons. The molecule has 1 aromatic heterocycles. The molecule has 0 amide bonds. The van der Waals surface area contributed by atoms with Gasteiger partial charge in [0.05, 0.1) is 0 Å². The van der Waals surface area contributed by atoms with Gasteiger partial charge in [-0.15, -0.1) is 0 Å². The van der Waals surface area contributed by atoms with Gasteiger partial charge < -0.3 is 4.98 Å². The zero-order valence-electron chi connectivity index (χ0n) is 6.89. The fraction of sp³-hybridized carbons (Fsp3) is 0.222. The van der Waals surface area contributed by atoms with Gasteiger partial charge in [-0.3, -0.25) is 4.99 Å². The number of aliphatic imine (C=N–C) groups is 1. The second-order valence-electron chi connectivity index (χ2n) is 2.39. The fourth-order valence-electron chi connectivity index (χ4n) is 1.02. The van der Waals surface area contributed by atoms with Crippen molar-refractivity contribution in [2.45, 2.75) is 6.92 Å². The minimum Gasteiger partial charge on any atom is -0.361 e. The predicted octanol–water partition coefficient (Wildman–Crippen LogP) is 2.01. The van der Waals surface area contributed by atoms with Crippen LogP contribution in [0.25, 0.3) is 6.08 Å². The van der Waals surface area contributed by atoms with E-state index in [1.54, 1.807) is 13.1 Å². The van der Waals surface area contributed by atoms with Crippen LogP contribution in [0.3, 0.4) is 0 Å². The molecule has 0 aromatic carbocycles. The van der Waals surface area contributed by atoms with E-state index in [1.807, 2.05) is 19.3 Å². The van der Waals surface area contributed by atoms with Crippen molar-refractivity contribution in [2.75, 3.05) is 7.05 Å². The highest BCUT2D eigenvalue weighted by molar-refractivity contribution is 5.86. The Morgan fingerprint density at radius 1 is 1.64 bits per heavy atom. The van der Waals surface area contributed by atoms with Crippen LogP contribution in [-0.4, -0.2) is 18.2 Å². The smallest absolute Gasteiger partial charge is 0.0466 e. The first kappa shape index (κ1) is 7.79. The first-order valence-corrected chi connectivity index (χ1v) is 3.52. The lowest BCUT2D eigenvalue weighted by Crippen LogP contribution is -1.84. The van der Waals surface area contributed by atoms with Crippen molar-refractivity contribution in [1.29, 1.82) is 0 Å². The van der Waals surface area contributed by atoms with Gasteiger partial charge >= 0.3 is 0 Å². The second-order valence-corrected chi connectivity index (χ2v) is 2.39. The van der Waals surface area contributed by atoms with Gasteiger partial charge in [-0.25, -0.2) is 0 Å². The lowest BCUT2D eigenvalue weighted by atomic mass is 10.2. The van der Waals surface area contributed by atoms with Crippen molar-refractivity contribution in [3.05, 3.63) is 29.6 Å². The molecule has 0 saturated heterocycles. The lowest BCUT2D eigenvalue weighted by molar-refractivity contribution is 1.36. The van der Waals surface area contributed by atoms with Gasteiger partial charge in [-0.1, -0.05) is 6.58 Å². The third kappa shape index (κ3) is 1.40. The zero-order chi connectivity index (χ0) is 8.27. The number of nitrogens with zero attached hydrogens (tertiary/aromatic N) is 1. The van der Waals surface area contributed by atoms with Crippen molar-refractivity contribution in [2.24, 2.45) is 4.99 Å². The van der Waals surface area contributed by atoms with E-state index in [-0.39, 0.29) is 0 Å². The van der Waals surface area contributed by atoms with E-state index in [2.05, 4.69) is 16.6 Å². The molecule has 1 N–H and O–H groups in total. The molecule has 0 aliphatic carbocycles. The third-order valence-electron chi connectivity index (χ3n) is 1.62. The maximum absolute atomic E-state index is 3.95. The summed E-state index contributed by atoms with van der Waals surface area (Å²) in [6, 6.07) is 0. The summed E-state index contributed by atoms with van der Waals surface area (Å²) in [5.41, 5.74) is 3.36. The Labute approximate surface area is 66.7 Å². The molecule has 0 atom stereocenters. The number of aromatic amines is 1. The topological polar surface area (TPSA) is 28.1 Å². The Morgan fingerprint density at radius 2 is 2.36 bits per heavy atom. The van der Waals surface area contributed by atoms with Crippen LogP contribution in [0.5, 0.6) is 0 Å². The van der Waals surface area contributed by atoms with E-state index in [4.69, 9.17) is 0 Å². The molecule has 1 aromatic rings. The molecule has 1 heterocycles. The molecular weight excluding hydrogens is 136 g/mol. The van der Waals surface area contributed by atoms with Crippen LogP contribution >= 0.6 is 0 Å². The molecule has 0 saturated carbocycles. The SMILES string of the molecule is C=Cc1[nH]cc(C)c1C=NC. The maximum atomic E-state index is 3.95. The van der Waals surface area contributed by atoms with Crippen LogP contribution in [0.2, 0.25) is 0 Å². The summed E-state index contributed by atoms with van der Waals surface area (Å²) in [5.74, 6) is 0. The number of aryl methyl sites for hydroxylation is 1. The molecule has 0 spiro atoms. The van der Waals surface area contributed by atoms with E-state index in [0.717, 1.165) is 11.3 Å². The average Bonchev–Trinajstić information content (AvgIpc) is 2.34. The van der Waals surface area contributed by atoms with Crippen LogP contribution in [0, 0.1) is 6.92 Å². The molecule has 58 valence electrons. The molecule has 0 fully saturated rings. The van der Waals surface area contributed by atoms with Gasteiger partial charge in [0.15, 0.2) is 0 Å². The van der Waals surface area contributed by atoms with Gasteiger partial charge in [0.2, 0.25) is 0 Å². The molecule has 0 unspecified atom stereocenters. The van der Waals surface area contributed by atoms with Crippen LogP contribution in [0.1, 0.15) is 16.8 Å². The summed E-state index contributed by atoms with van der Waals surface area (Å²) in [5, 5.41) is 0. The normalized spacial score (nSPS) is 10.7. The molecule has 0 aliphatic rings. The summed E-state index contributed by atoms with van der Waals surface area (Å²) in [6.07, 6.45) is 5.58. The van der Waals surface area contributed by atoms with E-state index >= 15 is 0 Å². The Morgan fingerprint density at radius 3 is 2.91 bits per heavy atom. The summed E-state index contributed by atoms with van der Waals surface area (Å²) < 4.78 is 0. The molecular formula is C9H12N2. The van der Waals surface area contributed by atoms with Crippen molar-refractivity contribution in [1.82, 2.24) is 4.98 Å². The van der Waals surface area contributed by atoms with Gasteiger partial charge in [0.1, 0.15) is 0 Å². The Bertz CT molecular complexity index is 282. The van der Waals surface area contributed by atoms with Gasteiger partial charge in [-0.2, -0.15) is 0 Å². The number of H-pyrrole nitrogens is 1. The summed E-state index contributed by atoms with van der Waals surface area (Å²) in [6.45, 7) is 5.74. The van der Waals surface area contributed by atoms with Gasteiger partial charge in [-0.05, 0) is 18.6 Å². The molecule has 11 heavy (non-hydrogen) atoms. The Hall–Kier alpha value is -1.31. The number of aromatic nitrogens is 1. The maximum Gasteiger partial charge on any atom is 0.0466 e. The number of hydrogen-bond acceptors (Lipinski definition) is 1. The highest BCUT2D eigenvalue weighted by atomic mass is 14.7. The van der Waals surface area contributed by atoms with Crippen molar-refractivity contribution in [3.8, 4) is 0 Å². The summed E-state index contributed by atoms with van der Waals surface area (Å²) >= 11 is 0. The number of rotatable bonds is 2. The summed E-state index contributed by atoms with van der Waals surface area (Å²) in [4.78, 5) is 7.05. The molecule has 0 bridgehead atoms. The molecule has 0 aliphatic heterocycles. The predicted molar refractivity (Wildman–Crippen MR) is 49.1 cm³/mol. The van der Waals surface area contributed by atoms with E-state index < -0.39 is 0 Å². The van der Waals surface area contributed by atoms with Crippen LogP contribution < -0.4 is 0 Å². The van der Waals surface area contributed by atoms with Crippen LogP contribution in [-0.2, 0) is 0 Å². The lowest BCUT2D eigenvalue weighted by Gasteiger charge is -1.91. The minimum atomic E-state index is 1.04. The van der Waals surface area contributed by atoms with Crippen LogP contribution in [0.4, 0.5) is 0 Å². The number of nitrogens with one attached hydrogen (secondary N) is 1. The minimum absolute atomic E-state index is 1.04. The largest absolute Gasteiger partial charge is 0.361 e. The zero-order valence-corrected chi connectivity index (χ0v) is 6.89. The first-order valence-electron chi connectivity index (χ1n) is 3.52. The Kier molecular flexibility index (Phi) is 2.26. The second kappa shape index (κ2) is 3.19. The molecule has 2 nitrogen and oxygen atoms in total. The van der Waals surface area contributed by atoms with Crippen LogP contribution in [0.15, 0.2) is 17.8 Å². The van der Waals surface area contributed by atoms with E-state index in [0.29, 0.717) is 0 Å². The Balaban J connectivity index is 3.17. The monoisotopic (exact) mass is 148 g/mol. The first-order chi connectivity index (χ1) is 5.29. The fourth-order valence-corrected chi connectivity index (χ4v) is 1.02. The third-order valence-corrected chi connectivity index (χ3v) is 1.62.